The molecule has 1 N–H and O–H groups in total. The molecular formula is C11H22N2O. The molecule has 0 aliphatic rings. The Morgan fingerprint density at radius 2 is 2.07 bits per heavy atom. The van der Waals surface area contributed by atoms with Crippen LogP contribution in [0, 0.1) is 0 Å². The van der Waals surface area contributed by atoms with Crippen molar-refractivity contribution < 1.29 is 4.79 Å². The fourth-order valence-corrected chi connectivity index (χ4v) is 1.36. The molecule has 0 aliphatic carbocycles. The first-order valence-corrected chi connectivity index (χ1v) is 4.89. The Labute approximate surface area is 87.2 Å². The van der Waals surface area contributed by atoms with Gasteiger partial charge in [0.2, 0.25) is 5.91 Å². The van der Waals surface area contributed by atoms with Crippen LogP contribution in [0.3, 0.4) is 0 Å². The van der Waals surface area contributed by atoms with Crippen molar-refractivity contribution in [2.75, 3.05) is 14.1 Å². The second kappa shape index (κ2) is 5.15. The molecule has 1 unspecified atom stereocenters. The number of nitrogens with zero attached hydrogens (tertiary/aromatic N) is 1. The Morgan fingerprint density at radius 3 is 2.43 bits per heavy atom. The summed E-state index contributed by atoms with van der Waals surface area (Å²) in [7, 11) is 4.08. The third-order valence-corrected chi connectivity index (χ3v) is 2.33. The molecule has 3 heteroatoms. The predicted octanol–water partition coefficient (Wildman–Crippen LogP) is 1.41. The molecule has 0 saturated carbocycles. The van der Waals surface area contributed by atoms with Gasteiger partial charge in [-0.2, -0.15) is 0 Å². The number of hydrogen-bond donors (Lipinski definition) is 1. The molecule has 0 heterocycles. The molecule has 0 spiro atoms. The van der Waals surface area contributed by atoms with E-state index in [-0.39, 0.29) is 11.4 Å². The third kappa shape index (κ3) is 5.02. The first-order valence-electron chi connectivity index (χ1n) is 4.89. The van der Waals surface area contributed by atoms with Crippen LogP contribution in [-0.4, -0.2) is 36.5 Å². The first-order chi connectivity index (χ1) is 6.28. The van der Waals surface area contributed by atoms with Gasteiger partial charge in [0.25, 0.3) is 0 Å². The van der Waals surface area contributed by atoms with E-state index in [0.29, 0.717) is 6.04 Å². The zero-order valence-electron chi connectivity index (χ0n) is 9.92. The van der Waals surface area contributed by atoms with Crippen LogP contribution in [0.4, 0.5) is 0 Å². The van der Waals surface area contributed by atoms with Gasteiger partial charge < -0.3 is 10.2 Å². The predicted molar refractivity (Wildman–Crippen MR) is 60.2 cm³/mol. The monoisotopic (exact) mass is 198 g/mol. The molecule has 0 saturated heterocycles. The van der Waals surface area contributed by atoms with Crippen molar-refractivity contribution in [1.29, 1.82) is 0 Å². The first kappa shape index (κ1) is 13.2. The Bertz CT molecular complexity index is 209. The summed E-state index contributed by atoms with van der Waals surface area (Å²) in [6, 6.07) is 0.440. The second-order valence-corrected chi connectivity index (χ2v) is 4.59. The summed E-state index contributed by atoms with van der Waals surface area (Å²) in [5.74, 6) is -0.110. The number of hydrogen-bond acceptors (Lipinski definition) is 2. The highest BCUT2D eigenvalue weighted by Crippen LogP contribution is 2.13. The molecule has 3 nitrogen and oxygen atoms in total. The summed E-state index contributed by atoms with van der Waals surface area (Å²) in [4.78, 5) is 13.3. The molecule has 0 aromatic carbocycles. The molecule has 82 valence electrons. The molecule has 0 radical (unpaired) electrons. The summed E-state index contributed by atoms with van der Waals surface area (Å²) in [5, 5.41) is 2.91. The van der Waals surface area contributed by atoms with Crippen LogP contribution in [0.2, 0.25) is 0 Å². The van der Waals surface area contributed by atoms with Crippen molar-refractivity contribution in [2.45, 2.75) is 38.8 Å². The van der Waals surface area contributed by atoms with E-state index in [1.807, 2.05) is 27.9 Å². The molecule has 1 atom stereocenters. The van der Waals surface area contributed by atoms with E-state index < -0.39 is 0 Å². The third-order valence-electron chi connectivity index (χ3n) is 2.33. The van der Waals surface area contributed by atoms with E-state index in [0.717, 1.165) is 6.42 Å². The van der Waals surface area contributed by atoms with Gasteiger partial charge >= 0.3 is 0 Å². The normalized spacial score (nSPS) is 13.9. The van der Waals surface area contributed by atoms with E-state index >= 15 is 0 Å². The zero-order valence-corrected chi connectivity index (χ0v) is 9.92. The summed E-state index contributed by atoms with van der Waals surface area (Å²) in [6.07, 6.45) is 2.22. The molecule has 0 fully saturated rings. The van der Waals surface area contributed by atoms with E-state index in [2.05, 4.69) is 23.7 Å². The summed E-state index contributed by atoms with van der Waals surface area (Å²) >= 11 is 0. The average molecular weight is 198 g/mol. The van der Waals surface area contributed by atoms with E-state index in [4.69, 9.17) is 0 Å². The van der Waals surface area contributed by atoms with Crippen molar-refractivity contribution in [2.24, 2.45) is 0 Å². The SMILES string of the molecule is C=CC(=O)NC(C)(C)CC(C)N(C)C. The number of amides is 1. The van der Waals surface area contributed by atoms with Crippen LogP contribution in [0.5, 0.6) is 0 Å². The maximum Gasteiger partial charge on any atom is 0.243 e. The average Bonchev–Trinajstić information content (AvgIpc) is 2.02. The van der Waals surface area contributed by atoms with Crippen LogP contribution in [-0.2, 0) is 4.79 Å². The number of carbonyl (C=O) groups excluding carboxylic acids is 1. The Hall–Kier alpha value is -0.830. The van der Waals surface area contributed by atoms with E-state index in [9.17, 15) is 4.79 Å². The maximum absolute atomic E-state index is 11.1. The highest BCUT2D eigenvalue weighted by atomic mass is 16.1. The van der Waals surface area contributed by atoms with Crippen LogP contribution < -0.4 is 5.32 Å². The van der Waals surface area contributed by atoms with Gasteiger partial charge in [-0.05, 0) is 47.4 Å². The largest absolute Gasteiger partial charge is 0.348 e. The topological polar surface area (TPSA) is 32.3 Å². The van der Waals surface area contributed by atoms with Gasteiger partial charge in [-0.15, -0.1) is 0 Å². The minimum Gasteiger partial charge on any atom is -0.348 e. The summed E-state index contributed by atoms with van der Waals surface area (Å²) in [6.45, 7) is 9.62. The molecule has 0 aliphatic heterocycles. The fourth-order valence-electron chi connectivity index (χ4n) is 1.36. The standard InChI is InChI=1S/C11H22N2O/c1-7-10(14)12-11(3,4)8-9(2)13(5)6/h7,9H,1,8H2,2-6H3,(H,12,14). The van der Waals surface area contributed by atoms with Crippen molar-refractivity contribution >= 4 is 5.91 Å². The van der Waals surface area contributed by atoms with Gasteiger partial charge in [0, 0.05) is 11.6 Å². The minimum absolute atomic E-state index is 0.110. The van der Waals surface area contributed by atoms with Crippen LogP contribution in [0.1, 0.15) is 27.2 Å². The van der Waals surface area contributed by atoms with Gasteiger partial charge in [0.15, 0.2) is 0 Å². The molecule has 0 rings (SSSR count). The van der Waals surface area contributed by atoms with Gasteiger partial charge in [-0.3, -0.25) is 4.79 Å². The van der Waals surface area contributed by atoms with E-state index in [1.165, 1.54) is 6.08 Å². The van der Waals surface area contributed by atoms with Crippen LogP contribution in [0.25, 0.3) is 0 Å². The number of rotatable bonds is 5. The lowest BCUT2D eigenvalue weighted by Gasteiger charge is -2.31. The number of nitrogens with one attached hydrogen (secondary N) is 1. The van der Waals surface area contributed by atoms with Crippen molar-refractivity contribution in [1.82, 2.24) is 10.2 Å². The van der Waals surface area contributed by atoms with Crippen molar-refractivity contribution in [3.8, 4) is 0 Å². The van der Waals surface area contributed by atoms with Gasteiger partial charge in [-0.1, -0.05) is 6.58 Å². The highest BCUT2D eigenvalue weighted by molar-refractivity contribution is 5.87. The quantitative estimate of drug-likeness (QED) is 0.677. The molecule has 0 aromatic heterocycles. The lowest BCUT2D eigenvalue weighted by molar-refractivity contribution is -0.118. The Kier molecular flexibility index (Phi) is 4.85. The highest BCUT2D eigenvalue weighted by Gasteiger charge is 2.22. The Balaban J connectivity index is 4.19. The smallest absolute Gasteiger partial charge is 0.243 e. The zero-order chi connectivity index (χ0) is 11.4. The van der Waals surface area contributed by atoms with Crippen molar-refractivity contribution in [3.63, 3.8) is 0 Å². The van der Waals surface area contributed by atoms with Gasteiger partial charge in [0.05, 0.1) is 0 Å². The number of carbonyl (C=O) groups is 1. The van der Waals surface area contributed by atoms with Crippen LogP contribution >= 0.6 is 0 Å². The lowest BCUT2D eigenvalue weighted by atomic mass is 9.95. The molecule has 0 bridgehead atoms. The molecule has 14 heavy (non-hydrogen) atoms. The second-order valence-electron chi connectivity index (χ2n) is 4.59. The maximum atomic E-state index is 11.1. The fraction of sp³-hybridized carbons (Fsp3) is 0.727. The molecular weight excluding hydrogens is 176 g/mol. The Morgan fingerprint density at radius 1 is 1.57 bits per heavy atom. The van der Waals surface area contributed by atoms with Crippen molar-refractivity contribution in [3.05, 3.63) is 12.7 Å². The minimum atomic E-state index is -0.186. The summed E-state index contributed by atoms with van der Waals surface area (Å²) in [5.41, 5.74) is -0.186. The lowest BCUT2D eigenvalue weighted by Crippen LogP contribution is -2.46. The summed E-state index contributed by atoms with van der Waals surface area (Å²) < 4.78 is 0. The molecule has 0 aromatic rings. The van der Waals surface area contributed by atoms with E-state index in [1.54, 1.807) is 0 Å². The van der Waals surface area contributed by atoms with Crippen LogP contribution in [0.15, 0.2) is 12.7 Å². The van der Waals surface area contributed by atoms with Gasteiger partial charge in [0.1, 0.15) is 0 Å². The molecule has 1 amide bonds. The van der Waals surface area contributed by atoms with Gasteiger partial charge in [-0.25, -0.2) is 0 Å².